The molecule has 0 amide bonds. The lowest BCUT2D eigenvalue weighted by Crippen LogP contribution is -2.02. The number of fused-ring (bicyclic) bond motifs is 1. The van der Waals surface area contributed by atoms with Crippen molar-refractivity contribution < 1.29 is 12.6 Å². The molecule has 0 aliphatic heterocycles. The lowest BCUT2D eigenvalue weighted by atomic mass is 10.2. The summed E-state index contributed by atoms with van der Waals surface area (Å²) >= 11 is 1.67. The molecular formula is C18H19NO3S2. The van der Waals surface area contributed by atoms with Gasteiger partial charge >= 0.3 is 0 Å². The molecule has 0 aliphatic carbocycles. The average Bonchev–Trinajstić information content (AvgIpc) is 2.62. The molecule has 2 aromatic carbocycles. The minimum atomic E-state index is -3.51. The topological polar surface area (TPSA) is 56.3 Å². The Balaban J connectivity index is 0.000000174. The van der Waals surface area contributed by atoms with Crippen molar-refractivity contribution in [1.29, 1.82) is 0 Å². The number of aryl methyl sites for hydroxylation is 1. The van der Waals surface area contributed by atoms with Gasteiger partial charge in [-0.2, -0.15) is 8.42 Å². The molecule has 0 aliphatic rings. The van der Waals surface area contributed by atoms with Crippen LogP contribution in [0.3, 0.4) is 0 Å². The molecule has 0 spiro atoms. The van der Waals surface area contributed by atoms with Gasteiger partial charge < -0.3 is 0 Å². The van der Waals surface area contributed by atoms with E-state index in [0.717, 1.165) is 23.2 Å². The average molecular weight is 361 g/mol. The van der Waals surface area contributed by atoms with Gasteiger partial charge in [0.05, 0.1) is 22.5 Å². The summed E-state index contributed by atoms with van der Waals surface area (Å²) in [4.78, 5) is 4.65. The number of rotatable bonds is 3. The highest BCUT2D eigenvalue weighted by molar-refractivity contribution is 7.98. The van der Waals surface area contributed by atoms with Crippen molar-refractivity contribution in [2.24, 2.45) is 0 Å². The first-order valence-corrected chi connectivity index (χ1v) is 9.86. The quantitative estimate of drug-likeness (QED) is 0.515. The fourth-order valence-electron chi connectivity index (χ4n) is 1.96. The third-order valence-corrected chi connectivity index (χ3v) is 5.25. The van der Waals surface area contributed by atoms with Crippen LogP contribution in [0, 0.1) is 6.92 Å². The van der Waals surface area contributed by atoms with E-state index in [1.807, 2.05) is 37.4 Å². The van der Waals surface area contributed by atoms with E-state index in [2.05, 4.69) is 21.3 Å². The Morgan fingerprint density at radius 1 is 0.958 bits per heavy atom. The van der Waals surface area contributed by atoms with Crippen LogP contribution in [0.2, 0.25) is 0 Å². The Bertz CT molecular complexity index is 907. The molecule has 1 aromatic heterocycles. The molecule has 4 nitrogen and oxygen atoms in total. The van der Waals surface area contributed by atoms with E-state index in [9.17, 15) is 8.42 Å². The number of thioether (sulfide) groups is 1. The van der Waals surface area contributed by atoms with Crippen LogP contribution >= 0.6 is 11.8 Å². The van der Waals surface area contributed by atoms with Crippen molar-refractivity contribution in [1.82, 2.24) is 4.98 Å². The molecular weight excluding hydrogens is 342 g/mol. The fraction of sp³-hybridized carbons (Fsp3) is 0.167. The van der Waals surface area contributed by atoms with E-state index < -0.39 is 10.1 Å². The highest BCUT2D eigenvalue weighted by Crippen LogP contribution is 2.17. The van der Waals surface area contributed by atoms with Crippen LogP contribution in [0.25, 0.3) is 10.9 Å². The van der Waals surface area contributed by atoms with Crippen molar-refractivity contribution in [2.45, 2.75) is 16.8 Å². The summed E-state index contributed by atoms with van der Waals surface area (Å²) in [5.74, 6) is 0. The first-order chi connectivity index (χ1) is 11.5. The summed E-state index contributed by atoms with van der Waals surface area (Å²) in [5, 5.41) is 2.28. The third kappa shape index (κ3) is 4.80. The van der Waals surface area contributed by atoms with Crippen LogP contribution in [0.15, 0.2) is 70.6 Å². The lowest BCUT2D eigenvalue weighted by Gasteiger charge is -2.00. The van der Waals surface area contributed by atoms with E-state index in [0.29, 0.717) is 0 Å². The van der Waals surface area contributed by atoms with Crippen molar-refractivity contribution in [3.8, 4) is 0 Å². The number of aromatic nitrogens is 1. The maximum Gasteiger partial charge on any atom is 0.296 e. The standard InChI is InChI=1S/C10H9NS.C8H10O3S/c1-12-10-7-6-8-4-2-3-5-9(8)11-10;1-7-3-5-8(6-4-7)12(9,10)11-2/h2-7H,1H3;3-6H,1-2H3. The second-order valence-corrected chi connectivity index (χ2v) is 7.52. The zero-order valence-electron chi connectivity index (χ0n) is 13.8. The highest BCUT2D eigenvalue weighted by atomic mass is 32.2. The smallest absolute Gasteiger partial charge is 0.270 e. The van der Waals surface area contributed by atoms with Gasteiger partial charge in [-0.15, -0.1) is 11.8 Å². The summed E-state index contributed by atoms with van der Waals surface area (Å²) in [7, 11) is -2.37. The Labute approximate surface area is 147 Å². The van der Waals surface area contributed by atoms with Gasteiger partial charge in [-0.25, -0.2) is 4.98 Å². The number of nitrogens with zero attached hydrogens (tertiary/aromatic N) is 1. The second kappa shape index (κ2) is 8.28. The SMILES string of the molecule is COS(=O)(=O)c1ccc(C)cc1.CSc1ccc2ccccc2n1. The molecule has 3 rings (SSSR count). The fourth-order valence-corrected chi connectivity index (χ4v) is 3.02. The second-order valence-electron chi connectivity index (χ2n) is 4.98. The van der Waals surface area contributed by atoms with Crippen LogP contribution in [-0.4, -0.2) is 26.8 Å². The summed E-state index contributed by atoms with van der Waals surface area (Å²) in [6.07, 6.45) is 2.04. The molecule has 0 atom stereocenters. The summed E-state index contributed by atoms with van der Waals surface area (Å²) in [5.41, 5.74) is 2.09. The van der Waals surface area contributed by atoms with Gasteiger partial charge in [0.25, 0.3) is 10.1 Å². The molecule has 0 fully saturated rings. The van der Waals surface area contributed by atoms with Crippen LogP contribution < -0.4 is 0 Å². The third-order valence-electron chi connectivity index (χ3n) is 3.31. The van der Waals surface area contributed by atoms with Gasteiger partial charge in [0.1, 0.15) is 0 Å². The van der Waals surface area contributed by atoms with Crippen LogP contribution in [-0.2, 0) is 14.3 Å². The molecule has 1 heterocycles. The largest absolute Gasteiger partial charge is 0.296 e. The predicted octanol–water partition coefficient (Wildman–Crippen LogP) is 4.29. The number of hydrogen-bond acceptors (Lipinski definition) is 5. The van der Waals surface area contributed by atoms with Crippen molar-refractivity contribution >= 4 is 32.8 Å². The Hall–Kier alpha value is -1.89. The minimum absolute atomic E-state index is 0.190. The van der Waals surface area contributed by atoms with E-state index in [1.54, 1.807) is 23.9 Å². The number of benzene rings is 2. The van der Waals surface area contributed by atoms with Gasteiger partial charge in [-0.05, 0) is 37.4 Å². The maximum absolute atomic E-state index is 11.1. The molecule has 6 heteroatoms. The molecule has 126 valence electrons. The molecule has 24 heavy (non-hydrogen) atoms. The Kier molecular flexibility index (Phi) is 6.36. The van der Waals surface area contributed by atoms with Crippen molar-refractivity contribution in [2.75, 3.05) is 13.4 Å². The number of para-hydroxylation sites is 1. The lowest BCUT2D eigenvalue weighted by molar-refractivity contribution is 0.398. The molecule has 0 N–H and O–H groups in total. The van der Waals surface area contributed by atoms with Crippen LogP contribution in [0.5, 0.6) is 0 Å². The molecule has 0 radical (unpaired) electrons. The summed E-state index contributed by atoms with van der Waals surface area (Å²) in [6.45, 7) is 1.89. The van der Waals surface area contributed by atoms with E-state index >= 15 is 0 Å². The zero-order chi connectivity index (χ0) is 17.6. The molecule has 0 bridgehead atoms. The number of pyridine rings is 1. The van der Waals surface area contributed by atoms with Crippen molar-refractivity contribution in [3.05, 3.63) is 66.2 Å². The van der Waals surface area contributed by atoms with Crippen LogP contribution in [0.1, 0.15) is 5.56 Å². The summed E-state index contributed by atoms with van der Waals surface area (Å²) in [6, 6.07) is 18.8. The van der Waals surface area contributed by atoms with E-state index in [4.69, 9.17) is 0 Å². The Morgan fingerprint density at radius 3 is 2.25 bits per heavy atom. The Morgan fingerprint density at radius 2 is 1.62 bits per heavy atom. The molecule has 0 saturated carbocycles. The highest BCUT2D eigenvalue weighted by Gasteiger charge is 2.11. The van der Waals surface area contributed by atoms with Gasteiger partial charge in [0.2, 0.25) is 0 Å². The maximum atomic E-state index is 11.1. The monoisotopic (exact) mass is 361 g/mol. The molecule has 0 unspecified atom stereocenters. The first-order valence-electron chi connectivity index (χ1n) is 7.23. The first kappa shape index (κ1) is 18.4. The normalized spacial score (nSPS) is 11.0. The van der Waals surface area contributed by atoms with E-state index in [-0.39, 0.29) is 4.90 Å². The molecule has 3 aromatic rings. The van der Waals surface area contributed by atoms with Crippen LogP contribution in [0.4, 0.5) is 0 Å². The predicted molar refractivity (Wildman–Crippen MR) is 98.9 cm³/mol. The van der Waals surface area contributed by atoms with Gasteiger partial charge in [-0.3, -0.25) is 4.18 Å². The van der Waals surface area contributed by atoms with Crippen molar-refractivity contribution in [3.63, 3.8) is 0 Å². The van der Waals surface area contributed by atoms with Gasteiger partial charge in [0.15, 0.2) is 0 Å². The summed E-state index contributed by atoms with van der Waals surface area (Å²) < 4.78 is 26.5. The minimum Gasteiger partial charge on any atom is -0.270 e. The van der Waals surface area contributed by atoms with Gasteiger partial charge in [0, 0.05) is 5.39 Å². The molecule has 0 saturated heterocycles. The van der Waals surface area contributed by atoms with E-state index in [1.165, 1.54) is 17.5 Å². The van der Waals surface area contributed by atoms with Gasteiger partial charge in [-0.1, -0.05) is 42.0 Å². The number of hydrogen-bond donors (Lipinski definition) is 0. The zero-order valence-corrected chi connectivity index (χ0v) is 15.4.